The molecule has 0 amide bonds. The fourth-order valence-corrected chi connectivity index (χ4v) is 0.639. The molecule has 0 aliphatic rings. The van der Waals surface area contributed by atoms with Crippen LogP contribution in [0.1, 0.15) is 10.4 Å². The Hall–Kier alpha value is -0.991. The van der Waals surface area contributed by atoms with Gasteiger partial charge in [-0.05, 0) is 18.2 Å². The molecule has 4 heteroatoms. The first-order valence-electron chi connectivity index (χ1n) is 2.72. The average Bonchev–Trinajstić information content (AvgIpc) is 1.88. The van der Waals surface area contributed by atoms with Crippen LogP contribution in [-0.4, -0.2) is 16.2 Å². The maximum Gasteiger partial charge on any atom is 0.335 e. The molecule has 0 aromatic heterocycles. The number of phenolic OH excluding ortho intramolecular Hbond substituents is 1. The van der Waals surface area contributed by atoms with Gasteiger partial charge in [-0.25, -0.2) is 4.79 Å². The van der Waals surface area contributed by atoms with Crippen molar-refractivity contribution in [3.8, 4) is 5.75 Å². The van der Waals surface area contributed by atoms with Gasteiger partial charge in [-0.1, -0.05) is 6.07 Å². The SMILES string of the molecule is O=C(O)c1cccc(O)c1.[Cu]. The maximum atomic E-state index is 10.2. The monoisotopic (exact) mass is 201 g/mol. The van der Waals surface area contributed by atoms with Crippen LogP contribution >= 0.6 is 0 Å². The summed E-state index contributed by atoms with van der Waals surface area (Å²) in [6.45, 7) is 0. The van der Waals surface area contributed by atoms with Gasteiger partial charge in [0.1, 0.15) is 5.75 Å². The van der Waals surface area contributed by atoms with Crippen molar-refractivity contribution in [3.63, 3.8) is 0 Å². The summed E-state index contributed by atoms with van der Waals surface area (Å²) in [5.41, 5.74) is 0.0972. The van der Waals surface area contributed by atoms with Crippen molar-refractivity contribution in [2.45, 2.75) is 0 Å². The minimum Gasteiger partial charge on any atom is -0.508 e. The number of carbonyl (C=O) groups is 1. The molecule has 0 bridgehead atoms. The smallest absolute Gasteiger partial charge is 0.335 e. The molecule has 2 N–H and O–H groups in total. The Morgan fingerprint density at radius 2 is 2.00 bits per heavy atom. The Bertz CT molecular complexity index is 260. The summed E-state index contributed by atoms with van der Waals surface area (Å²) in [6, 6.07) is 5.52. The van der Waals surface area contributed by atoms with Crippen LogP contribution < -0.4 is 0 Å². The number of phenols is 1. The van der Waals surface area contributed by atoms with Gasteiger partial charge in [0, 0.05) is 17.1 Å². The van der Waals surface area contributed by atoms with E-state index in [0.717, 1.165) is 0 Å². The van der Waals surface area contributed by atoms with E-state index >= 15 is 0 Å². The number of benzene rings is 1. The van der Waals surface area contributed by atoms with Crippen molar-refractivity contribution in [2.75, 3.05) is 0 Å². The molecule has 0 unspecified atom stereocenters. The van der Waals surface area contributed by atoms with Crippen LogP contribution in [0, 0.1) is 0 Å². The molecule has 1 aromatic carbocycles. The summed E-state index contributed by atoms with van der Waals surface area (Å²) < 4.78 is 0. The molecule has 0 spiro atoms. The van der Waals surface area contributed by atoms with Gasteiger partial charge in [0.05, 0.1) is 5.56 Å². The molecule has 0 aliphatic heterocycles. The standard InChI is InChI=1S/C7H6O3.Cu/c8-6-3-1-2-5(4-6)7(9)10;/h1-4,8H,(H,9,10);. The quantitative estimate of drug-likeness (QED) is 0.669. The number of hydrogen-bond donors (Lipinski definition) is 2. The van der Waals surface area contributed by atoms with E-state index in [4.69, 9.17) is 10.2 Å². The van der Waals surface area contributed by atoms with Crippen LogP contribution in [0.25, 0.3) is 0 Å². The summed E-state index contributed by atoms with van der Waals surface area (Å²) in [5.74, 6) is -1.06. The van der Waals surface area contributed by atoms with Gasteiger partial charge in [0.2, 0.25) is 0 Å². The van der Waals surface area contributed by atoms with E-state index in [0.29, 0.717) is 0 Å². The van der Waals surface area contributed by atoms with Crippen LogP contribution in [0.4, 0.5) is 0 Å². The number of carboxylic acid groups (broad SMARTS) is 1. The van der Waals surface area contributed by atoms with Crippen molar-refractivity contribution >= 4 is 5.97 Å². The zero-order chi connectivity index (χ0) is 7.56. The number of aromatic carboxylic acids is 1. The van der Waals surface area contributed by atoms with Crippen LogP contribution in [0.15, 0.2) is 24.3 Å². The van der Waals surface area contributed by atoms with Crippen molar-refractivity contribution in [1.82, 2.24) is 0 Å². The van der Waals surface area contributed by atoms with Gasteiger partial charge < -0.3 is 10.2 Å². The molecule has 0 fully saturated rings. The van der Waals surface area contributed by atoms with Crippen molar-refractivity contribution < 1.29 is 32.1 Å². The Morgan fingerprint density at radius 3 is 2.36 bits per heavy atom. The Kier molecular flexibility index (Phi) is 3.65. The first-order valence-corrected chi connectivity index (χ1v) is 2.72. The molecule has 0 atom stereocenters. The third-order valence-electron chi connectivity index (χ3n) is 1.09. The first kappa shape index (κ1) is 10.0. The number of carboxylic acids is 1. The topological polar surface area (TPSA) is 57.5 Å². The minimum absolute atomic E-state index is 0. The van der Waals surface area contributed by atoms with Crippen LogP contribution in [0.3, 0.4) is 0 Å². The Balaban J connectivity index is 0.000001000. The summed E-state index contributed by atoms with van der Waals surface area (Å²) in [6.07, 6.45) is 0. The summed E-state index contributed by atoms with van der Waals surface area (Å²) >= 11 is 0. The van der Waals surface area contributed by atoms with Gasteiger partial charge in [-0.15, -0.1) is 0 Å². The fraction of sp³-hybridized carbons (Fsp3) is 0. The second-order valence-electron chi connectivity index (χ2n) is 1.86. The molecule has 1 rings (SSSR count). The summed E-state index contributed by atoms with van der Waals surface area (Å²) in [7, 11) is 0. The second kappa shape index (κ2) is 4.01. The van der Waals surface area contributed by atoms with E-state index in [1.807, 2.05) is 0 Å². The largest absolute Gasteiger partial charge is 0.508 e. The predicted molar refractivity (Wildman–Crippen MR) is 35.1 cm³/mol. The van der Waals surface area contributed by atoms with Gasteiger partial charge in [0.15, 0.2) is 0 Å². The van der Waals surface area contributed by atoms with Gasteiger partial charge in [0.25, 0.3) is 0 Å². The molecule has 1 aromatic rings. The summed E-state index contributed by atoms with van der Waals surface area (Å²) in [5, 5.41) is 17.2. The molecule has 3 nitrogen and oxygen atoms in total. The van der Waals surface area contributed by atoms with Crippen molar-refractivity contribution in [1.29, 1.82) is 0 Å². The molecule has 0 saturated heterocycles. The van der Waals surface area contributed by atoms with E-state index < -0.39 is 5.97 Å². The fourth-order valence-electron chi connectivity index (χ4n) is 0.639. The molecular weight excluding hydrogens is 196 g/mol. The zero-order valence-electron chi connectivity index (χ0n) is 5.41. The molecule has 0 heterocycles. The minimum atomic E-state index is -1.03. The normalized spacial score (nSPS) is 8.36. The van der Waals surface area contributed by atoms with E-state index in [1.165, 1.54) is 24.3 Å². The second-order valence-corrected chi connectivity index (χ2v) is 1.86. The third kappa shape index (κ3) is 2.62. The van der Waals surface area contributed by atoms with Gasteiger partial charge >= 0.3 is 5.97 Å². The molecule has 1 radical (unpaired) electrons. The van der Waals surface area contributed by atoms with Gasteiger partial charge in [-0.2, -0.15) is 0 Å². The number of aromatic hydroxyl groups is 1. The molecular formula is C7H6CuO3. The predicted octanol–water partition coefficient (Wildman–Crippen LogP) is 1.09. The number of rotatable bonds is 1. The van der Waals surface area contributed by atoms with Crippen molar-refractivity contribution in [2.24, 2.45) is 0 Å². The van der Waals surface area contributed by atoms with E-state index in [9.17, 15) is 4.79 Å². The average molecular weight is 202 g/mol. The van der Waals surface area contributed by atoms with Gasteiger partial charge in [-0.3, -0.25) is 0 Å². The van der Waals surface area contributed by atoms with Crippen LogP contribution in [0.5, 0.6) is 5.75 Å². The maximum absolute atomic E-state index is 10.2. The van der Waals surface area contributed by atoms with Crippen LogP contribution in [0.2, 0.25) is 0 Å². The molecule has 0 aliphatic carbocycles. The van der Waals surface area contributed by atoms with Crippen molar-refractivity contribution in [3.05, 3.63) is 29.8 Å². The third-order valence-corrected chi connectivity index (χ3v) is 1.09. The molecule has 63 valence electrons. The Labute approximate surface area is 74.1 Å². The van der Waals surface area contributed by atoms with E-state index in [2.05, 4.69) is 0 Å². The zero-order valence-corrected chi connectivity index (χ0v) is 6.36. The van der Waals surface area contributed by atoms with Crippen LogP contribution in [-0.2, 0) is 17.1 Å². The number of hydrogen-bond acceptors (Lipinski definition) is 2. The van der Waals surface area contributed by atoms with E-state index in [-0.39, 0.29) is 28.4 Å². The Morgan fingerprint density at radius 1 is 1.36 bits per heavy atom. The molecule has 11 heavy (non-hydrogen) atoms. The summed E-state index contributed by atoms with van der Waals surface area (Å²) in [4.78, 5) is 10.2. The molecule has 0 saturated carbocycles. The van der Waals surface area contributed by atoms with E-state index in [1.54, 1.807) is 0 Å². The first-order chi connectivity index (χ1) is 4.70.